The number of hydrogen-bond donors (Lipinski definition) is 2. The van der Waals surface area contributed by atoms with Gasteiger partial charge in [0.05, 0.1) is 18.7 Å². The third-order valence-electron chi connectivity index (χ3n) is 3.21. The Morgan fingerprint density at radius 2 is 1.93 bits per heavy atom. The van der Waals surface area contributed by atoms with Crippen molar-refractivity contribution in [2.24, 2.45) is 0 Å². The molecule has 0 saturated carbocycles. The van der Waals surface area contributed by atoms with Crippen molar-refractivity contribution in [3.05, 3.63) is 41.8 Å². The van der Waals surface area contributed by atoms with Crippen LogP contribution in [0.25, 0.3) is 0 Å². The molecule has 0 saturated heterocycles. The lowest BCUT2D eigenvalue weighted by Crippen LogP contribution is -2.27. The molecule has 1 aromatic carbocycles. The third kappa shape index (κ3) is 6.66. The normalized spacial score (nSPS) is 11.0. The summed E-state index contributed by atoms with van der Waals surface area (Å²) in [6.07, 6.45) is -0.187. The molecule has 2 rings (SSSR count). The van der Waals surface area contributed by atoms with Crippen LogP contribution in [0.2, 0.25) is 0 Å². The smallest absolute Gasteiger partial charge is 0.307 e. The van der Waals surface area contributed by atoms with Crippen molar-refractivity contribution >= 4 is 38.9 Å². The number of carbonyl (C=O) groups is 2. The van der Waals surface area contributed by atoms with Gasteiger partial charge in [0, 0.05) is 6.54 Å². The van der Waals surface area contributed by atoms with E-state index in [2.05, 4.69) is 10.0 Å². The summed E-state index contributed by atoms with van der Waals surface area (Å²) in [5.41, 5.74) is 0.476. The number of thiophene rings is 1. The van der Waals surface area contributed by atoms with Crippen LogP contribution in [-0.2, 0) is 24.3 Å². The van der Waals surface area contributed by atoms with Gasteiger partial charge >= 0.3 is 5.97 Å². The first-order valence-electron chi connectivity index (χ1n) is 8.13. The Morgan fingerprint density at radius 1 is 1.15 bits per heavy atom. The molecule has 0 unspecified atom stereocenters. The van der Waals surface area contributed by atoms with Crippen LogP contribution in [0, 0.1) is 0 Å². The number of ether oxygens (including phenoxy) is 2. The summed E-state index contributed by atoms with van der Waals surface area (Å²) in [6.45, 7) is 1.68. The predicted molar refractivity (Wildman–Crippen MR) is 101 cm³/mol. The Hall–Kier alpha value is -2.43. The van der Waals surface area contributed by atoms with Gasteiger partial charge in [0.2, 0.25) is 10.0 Å². The van der Waals surface area contributed by atoms with E-state index in [-0.39, 0.29) is 17.2 Å². The molecule has 27 heavy (non-hydrogen) atoms. The van der Waals surface area contributed by atoms with Gasteiger partial charge in [0.15, 0.2) is 6.61 Å². The fourth-order valence-electron chi connectivity index (χ4n) is 2.03. The first-order valence-corrected chi connectivity index (χ1v) is 10.5. The molecule has 1 amide bonds. The molecule has 2 N–H and O–H groups in total. The van der Waals surface area contributed by atoms with Crippen molar-refractivity contribution < 1.29 is 27.5 Å². The minimum atomic E-state index is -3.63. The molecule has 10 heteroatoms. The molecule has 0 atom stereocenters. The van der Waals surface area contributed by atoms with Gasteiger partial charge < -0.3 is 14.8 Å². The molecule has 1 aromatic heterocycles. The summed E-state index contributed by atoms with van der Waals surface area (Å²) >= 11 is 1.08. The molecule has 0 bridgehead atoms. The highest BCUT2D eigenvalue weighted by Crippen LogP contribution is 2.23. The second-order valence-electron chi connectivity index (χ2n) is 5.22. The summed E-state index contributed by atoms with van der Waals surface area (Å²) < 4.78 is 36.5. The van der Waals surface area contributed by atoms with Crippen molar-refractivity contribution in [2.45, 2.75) is 17.6 Å². The lowest BCUT2D eigenvalue weighted by molar-refractivity contribution is -0.147. The Balaban J connectivity index is 1.73. The fraction of sp³-hybridized carbons (Fsp3) is 0.294. The summed E-state index contributed by atoms with van der Waals surface area (Å²) in [6, 6.07) is 9.99. The zero-order valence-corrected chi connectivity index (χ0v) is 16.3. The molecule has 1 heterocycles. The maximum Gasteiger partial charge on any atom is 0.307 e. The van der Waals surface area contributed by atoms with Crippen molar-refractivity contribution in [3.8, 4) is 5.75 Å². The van der Waals surface area contributed by atoms with E-state index in [9.17, 15) is 18.0 Å². The van der Waals surface area contributed by atoms with E-state index in [1.54, 1.807) is 35.7 Å². The zero-order chi connectivity index (χ0) is 19.7. The summed E-state index contributed by atoms with van der Waals surface area (Å²) in [5.74, 6) is -0.686. The van der Waals surface area contributed by atoms with Crippen LogP contribution in [0.3, 0.4) is 0 Å². The van der Waals surface area contributed by atoms with Crippen LogP contribution in [0.15, 0.2) is 46.0 Å². The van der Waals surface area contributed by atoms with E-state index < -0.39 is 28.5 Å². The van der Waals surface area contributed by atoms with E-state index in [1.165, 1.54) is 6.07 Å². The number of amides is 1. The standard InChI is InChI=1S/C17H20N2O6S2/c1-2-24-14-7-4-3-6-13(14)19-15(20)12-25-16(21)9-10-18-27(22,23)17-8-5-11-26-17/h3-8,11,18H,2,9-10,12H2,1H3,(H,19,20). The van der Waals surface area contributed by atoms with Gasteiger partial charge in [0.25, 0.3) is 5.91 Å². The Morgan fingerprint density at radius 3 is 2.63 bits per heavy atom. The van der Waals surface area contributed by atoms with Gasteiger partial charge in [0.1, 0.15) is 9.96 Å². The number of para-hydroxylation sites is 2. The monoisotopic (exact) mass is 412 g/mol. The largest absolute Gasteiger partial charge is 0.492 e. The number of benzene rings is 1. The number of hydrogen-bond acceptors (Lipinski definition) is 7. The van der Waals surface area contributed by atoms with E-state index >= 15 is 0 Å². The maximum absolute atomic E-state index is 11.9. The molecule has 2 aromatic rings. The van der Waals surface area contributed by atoms with Crippen LogP contribution >= 0.6 is 11.3 Å². The third-order valence-corrected chi connectivity index (χ3v) is 6.06. The van der Waals surface area contributed by atoms with E-state index in [4.69, 9.17) is 9.47 Å². The van der Waals surface area contributed by atoms with E-state index in [0.717, 1.165) is 11.3 Å². The highest BCUT2D eigenvalue weighted by Gasteiger charge is 2.16. The zero-order valence-electron chi connectivity index (χ0n) is 14.6. The fourth-order valence-corrected chi connectivity index (χ4v) is 4.10. The second kappa shape index (κ2) is 10.0. The molecule has 146 valence electrons. The number of nitrogens with one attached hydrogen (secondary N) is 2. The Kier molecular flexibility index (Phi) is 7.77. The Labute approximate surface area is 161 Å². The number of sulfonamides is 1. The molecule has 0 aliphatic carbocycles. The maximum atomic E-state index is 11.9. The molecule has 0 radical (unpaired) electrons. The van der Waals surface area contributed by atoms with Crippen molar-refractivity contribution in [1.29, 1.82) is 0 Å². The number of esters is 1. The highest BCUT2D eigenvalue weighted by atomic mass is 32.2. The molecule has 0 aliphatic rings. The second-order valence-corrected chi connectivity index (χ2v) is 8.16. The van der Waals surface area contributed by atoms with Gasteiger partial charge in [-0.25, -0.2) is 13.1 Å². The van der Waals surface area contributed by atoms with E-state index in [0.29, 0.717) is 18.0 Å². The lowest BCUT2D eigenvalue weighted by atomic mass is 10.3. The summed E-state index contributed by atoms with van der Waals surface area (Å²) in [7, 11) is -3.63. The molecular weight excluding hydrogens is 392 g/mol. The van der Waals surface area contributed by atoms with Gasteiger partial charge in [-0.2, -0.15) is 0 Å². The van der Waals surface area contributed by atoms with Crippen molar-refractivity contribution in [2.75, 3.05) is 25.1 Å². The first-order chi connectivity index (χ1) is 12.9. The molecule has 0 fully saturated rings. The van der Waals surface area contributed by atoms with Crippen LogP contribution in [0.4, 0.5) is 5.69 Å². The average molecular weight is 412 g/mol. The van der Waals surface area contributed by atoms with E-state index in [1.807, 2.05) is 6.92 Å². The van der Waals surface area contributed by atoms with Crippen LogP contribution in [0.5, 0.6) is 5.75 Å². The lowest BCUT2D eigenvalue weighted by Gasteiger charge is -2.11. The highest BCUT2D eigenvalue weighted by molar-refractivity contribution is 7.91. The minimum absolute atomic E-state index is 0.117. The number of carbonyl (C=O) groups excluding carboxylic acids is 2. The van der Waals surface area contributed by atoms with Gasteiger partial charge in [-0.1, -0.05) is 18.2 Å². The van der Waals surface area contributed by atoms with Crippen LogP contribution < -0.4 is 14.8 Å². The predicted octanol–water partition coefficient (Wildman–Crippen LogP) is 2.00. The average Bonchev–Trinajstić information content (AvgIpc) is 3.17. The van der Waals surface area contributed by atoms with Crippen molar-refractivity contribution in [3.63, 3.8) is 0 Å². The SMILES string of the molecule is CCOc1ccccc1NC(=O)COC(=O)CCNS(=O)(=O)c1cccs1. The quantitative estimate of drug-likeness (QED) is 0.578. The molecular formula is C17H20N2O6S2. The summed E-state index contributed by atoms with van der Waals surface area (Å²) in [5, 5.41) is 4.24. The number of rotatable bonds is 10. The van der Waals surface area contributed by atoms with Crippen LogP contribution in [0.1, 0.15) is 13.3 Å². The molecule has 0 aliphatic heterocycles. The van der Waals surface area contributed by atoms with Crippen molar-refractivity contribution in [1.82, 2.24) is 4.72 Å². The molecule has 0 spiro atoms. The summed E-state index contributed by atoms with van der Waals surface area (Å²) in [4.78, 5) is 23.6. The first kappa shape index (κ1) is 20.9. The van der Waals surface area contributed by atoms with Gasteiger partial charge in [-0.3, -0.25) is 9.59 Å². The minimum Gasteiger partial charge on any atom is -0.492 e. The number of anilines is 1. The van der Waals surface area contributed by atoms with Gasteiger partial charge in [-0.15, -0.1) is 11.3 Å². The topological polar surface area (TPSA) is 111 Å². The van der Waals surface area contributed by atoms with Crippen LogP contribution in [-0.4, -0.2) is 40.1 Å². The molecule has 8 nitrogen and oxygen atoms in total. The Bertz CT molecular complexity index is 865. The van der Waals surface area contributed by atoms with Gasteiger partial charge in [-0.05, 0) is 30.5 Å².